The molecule has 0 radical (unpaired) electrons. The third kappa shape index (κ3) is 3.14. The molecule has 0 saturated carbocycles. The fraction of sp³-hybridized carbons (Fsp3) is 0.407. The Balaban J connectivity index is 1.67. The van der Waals surface area contributed by atoms with Crippen LogP contribution in [0.1, 0.15) is 68.5 Å². The van der Waals surface area contributed by atoms with Gasteiger partial charge in [-0.1, -0.05) is 63.2 Å². The molecule has 0 aliphatic carbocycles. The molecule has 3 aromatic rings. The van der Waals surface area contributed by atoms with Crippen LogP contribution in [0, 0.1) is 0 Å². The Bertz CT molecular complexity index is 1180. The van der Waals surface area contributed by atoms with Crippen LogP contribution >= 0.6 is 0 Å². The molecule has 166 valence electrons. The van der Waals surface area contributed by atoms with Crippen molar-refractivity contribution in [1.82, 2.24) is 14.8 Å². The topological polar surface area (TPSA) is 56.4 Å². The van der Waals surface area contributed by atoms with Gasteiger partial charge in [-0.3, -0.25) is 9.59 Å². The highest BCUT2D eigenvalue weighted by atomic mass is 16.2. The quantitative estimate of drug-likeness (QED) is 0.649. The Kier molecular flexibility index (Phi) is 5.07. The Morgan fingerprint density at radius 1 is 1.03 bits per heavy atom. The molecule has 5 rings (SSSR count). The Morgan fingerprint density at radius 3 is 2.44 bits per heavy atom. The van der Waals surface area contributed by atoms with Crippen molar-refractivity contribution < 1.29 is 9.59 Å². The molecule has 1 fully saturated rings. The Hall–Kier alpha value is -3.08. The summed E-state index contributed by atoms with van der Waals surface area (Å²) in [7, 11) is 0. The van der Waals surface area contributed by atoms with Gasteiger partial charge in [-0.05, 0) is 42.0 Å². The first-order chi connectivity index (χ1) is 15.4. The summed E-state index contributed by atoms with van der Waals surface area (Å²) in [6.45, 7) is 8.60. The van der Waals surface area contributed by atoms with Crippen LogP contribution < -0.4 is 0 Å². The number of hydrogen-bond donors (Lipinski definition) is 1. The van der Waals surface area contributed by atoms with E-state index in [1.165, 1.54) is 5.56 Å². The number of H-pyrrole nitrogens is 1. The fourth-order valence-corrected chi connectivity index (χ4v) is 5.29. The number of benzene rings is 2. The monoisotopic (exact) mass is 429 g/mol. The Morgan fingerprint density at radius 2 is 1.75 bits per heavy atom. The molecule has 1 saturated heterocycles. The van der Waals surface area contributed by atoms with Gasteiger partial charge in [-0.2, -0.15) is 0 Å². The number of aromatic amines is 1. The average molecular weight is 430 g/mol. The van der Waals surface area contributed by atoms with Crippen LogP contribution in [0.5, 0.6) is 0 Å². The van der Waals surface area contributed by atoms with Gasteiger partial charge in [0, 0.05) is 29.1 Å². The minimum Gasteiger partial charge on any atom is -0.356 e. The van der Waals surface area contributed by atoms with Crippen molar-refractivity contribution in [1.29, 1.82) is 0 Å². The van der Waals surface area contributed by atoms with Crippen molar-refractivity contribution in [2.75, 3.05) is 6.54 Å². The second-order valence-corrected chi connectivity index (χ2v) is 9.53. The van der Waals surface area contributed by atoms with E-state index in [0.717, 1.165) is 34.1 Å². The zero-order valence-corrected chi connectivity index (χ0v) is 19.3. The van der Waals surface area contributed by atoms with E-state index in [4.69, 9.17) is 0 Å². The predicted molar refractivity (Wildman–Crippen MR) is 126 cm³/mol. The van der Waals surface area contributed by atoms with Gasteiger partial charge >= 0.3 is 0 Å². The molecule has 0 unspecified atom stereocenters. The molecular formula is C27H31N3O2. The maximum absolute atomic E-state index is 13.6. The van der Waals surface area contributed by atoms with Crippen molar-refractivity contribution in [2.45, 2.75) is 64.6 Å². The first-order valence-corrected chi connectivity index (χ1v) is 11.7. The molecule has 5 nitrogen and oxygen atoms in total. The zero-order chi connectivity index (χ0) is 22.6. The maximum atomic E-state index is 13.6. The molecule has 32 heavy (non-hydrogen) atoms. The van der Waals surface area contributed by atoms with Crippen molar-refractivity contribution >= 4 is 22.7 Å². The fourth-order valence-electron chi connectivity index (χ4n) is 5.29. The minimum atomic E-state index is -0.466. The van der Waals surface area contributed by atoms with Crippen LogP contribution in [0.3, 0.4) is 0 Å². The number of carbonyl (C=O) groups excluding carboxylic acids is 2. The number of amides is 2. The predicted octanol–water partition coefficient (Wildman–Crippen LogP) is 4.77. The number of carbonyl (C=O) groups is 2. The highest BCUT2D eigenvalue weighted by molar-refractivity contribution is 5.97. The number of fused-ring (bicyclic) bond motifs is 4. The molecule has 2 amide bonds. The van der Waals surface area contributed by atoms with E-state index in [2.05, 4.69) is 62.2 Å². The lowest BCUT2D eigenvalue weighted by molar-refractivity contribution is -0.160. The van der Waals surface area contributed by atoms with Gasteiger partial charge < -0.3 is 14.8 Å². The first-order valence-electron chi connectivity index (χ1n) is 11.7. The normalized spacial score (nSPS) is 21.8. The lowest BCUT2D eigenvalue weighted by atomic mass is 9.85. The lowest BCUT2D eigenvalue weighted by Gasteiger charge is -2.48. The molecule has 1 aromatic heterocycles. The third-order valence-electron chi connectivity index (χ3n) is 7.33. The van der Waals surface area contributed by atoms with Crippen LogP contribution in [0.25, 0.3) is 10.9 Å². The van der Waals surface area contributed by atoms with Gasteiger partial charge in [-0.25, -0.2) is 0 Å². The van der Waals surface area contributed by atoms with E-state index in [0.29, 0.717) is 12.3 Å². The summed E-state index contributed by atoms with van der Waals surface area (Å²) in [6.07, 6.45) is 1.39. The van der Waals surface area contributed by atoms with Crippen LogP contribution in [0.15, 0.2) is 48.5 Å². The Labute approximate surface area is 189 Å². The standard InChI is InChI=1S/C27H31N3O2/c1-5-17(4)29-15-24(31)30-23(27(29)32)14-21-20-8-6-7-9-22(20)28-25(21)26(30)19-12-10-18(11-13-19)16(2)3/h6-13,16-17,23,26,28H,5,14-15H2,1-4H3/t17-,23-,26-/m1/s1. The van der Waals surface area contributed by atoms with Gasteiger partial charge in [0.1, 0.15) is 12.6 Å². The van der Waals surface area contributed by atoms with Gasteiger partial charge in [-0.15, -0.1) is 0 Å². The van der Waals surface area contributed by atoms with Crippen LogP contribution in [-0.4, -0.2) is 45.2 Å². The second kappa shape index (κ2) is 7.80. The first kappa shape index (κ1) is 20.8. The molecule has 1 N–H and O–H groups in total. The largest absolute Gasteiger partial charge is 0.356 e. The highest BCUT2D eigenvalue weighted by Gasteiger charge is 2.48. The van der Waals surface area contributed by atoms with Crippen LogP contribution in [-0.2, 0) is 16.0 Å². The van der Waals surface area contributed by atoms with Crippen molar-refractivity contribution in [3.63, 3.8) is 0 Å². The average Bonchev–Trinajstić information content (AvgIpc) is 3.18. The summed E-state index contributed by atoms with van der Waals surface area (Å²) in [5.41, 5.74) is 5.57. The molecule has 3 atom stereocenters. The van der Waals surface area contributed by atoms with Gasteiger partial charge in [0.15, 0.2) is 0 Å². The number of para-hydroxylation sites is 1. The summed E-state index contributed by atoms with van der Waals surface area (Å²) < 4.78 is 0. The van der Waals surface area contributed by atoms with E-state index < -0.39 is 6.04 Å². The summed E-state index contributed by atoms with van der Waals surface area (Å²) in [5.74, 6) is 0.532. The SMILES string of the molecule is CC[C@@H](C)N1CC(=O)N2[C@H](c3ccc(C(C)C)cc3)c3[nH]c4ccccc4c3C[C@@H]2C1=O. The molecule has 2 aliphatic rings. The maximum Gasteiger partial charge on any atom is 0.246 e. The van der Waals surface area contributed by atoms with E-state index >= 15 is 0 Å². The van der Waals surface area contributed by atoms with E-state index in [1.54, 1.807) is 4.90 Å². The molecule has 5 heteroatoms. The number of nitrogens with zero attached hydrogens (tertiary/aromatic N) is 2. The number of piperazine rings is 1. The summed E-state index contributed by atoms with van der Waals surface area (Å²) >= 11 is 0. The number of aromatic nitrogens is 1. The molecule has 2 aromatic carbocycles. The lowest BCUT2D eigenvalue weighted by Crippen LogP contribution is -2.64. The van der Waals surface area contributed by atoms with E-state index in [-0.39, 0.29) is 30.4 Å². The molecule has 3 heterocycles. The number of nitrogens with one attached hydrogen (secondary N) is 1. The molecule has 0 bridgehead atoms. The van der Waals surface area contributed by atoms with Crippen LogP contribution in [0.4, 0.5) is 0 Å². The third-order valence-corrected chi connectivity index (χ3v) is 7.33. The smallest absolute Gasteiger partial charge is 0.246 e. The van der Waals surface area contributed by atoms with E-state index in [1.807, 2.05) is 24.0 Å². The van der Waals surface area contributed by atoms with Crippen molar-refractivity contribution in [3.8, 4) is 0 Å². The molecular weight excluding hydrogens is 398 g/mol. The second-order valence-electron chi connectivity index (χ2n) is 9.53. The van der Waals surface area contributed by atoms with Crippen LogP contribution in [0.2, 0.25) is 0 Å². The minimum absolute atomic E-state index is 0.0251. The van der Waals surface area contributed by atoms with Gasteiger partial charge in [0.2, 0.25) is 11.8 Å². The highest BCUT2D eigenvalue weighted by Crippen LogP contribution is 2.43. The molecule has 0 spiro atoms. The van der Waals surface area contributed by atoms with Gasteiger partial charge in [0.25, 0.3) is 0 Å². The summed E-state index contributed by atoms with van der Waals surface area (Å²) in [6, 6.07) is 16.1. The zero-order valence-electron chi connectivity index (χ0n) is 19.3. The van der Waals surface area contributed by atoms with E-state index in [9.17, 15) is 9.59 Å². The molecule has 2 aliphatic heterocycles. The number of rotatable bonds is 4. The summed E-state index contributed by atoms with van der Waals surface area (Å²) in [5, 5.41) is 1.15. The van der Waals surface area contributed by atoms with Crippen molar-refractivity contribution in [3.05, 3.63) is 70.9 Å². The summed E-state index contributed by atoms with van der Waals surface area (Å²) in [4.78, 5) is 34.3. The van der Waals surface area contributed by atoms with Gasteiger partial charge in [0.05, 0.1) is 6.04 Å². The number of hydrogen-bond acceptors (Lipinski definition) is 2. The van der Waals surface area contributed by atoms with Crippen molar-refractivity contribution in [2.24, 2.45) is 0 Å².